The number of hydrogen-bond donors (Lipinski definition) is 0. The van der Waals surface area contributed by atoms with Crippen molar-refractivity contribution < 1.29 is 23.1 Å². The first kappa shape index (κ1) is 22.9. The van der Waals surface area contributed by atoms with Crippen molar-refractivity contribution >= 4 is 40.8 Å². The molecule has 2 heterocycles. The average molecular weight is 467 g/mol. The summed E-state index contributed by atoms with van der Waals surface area (Å²) in [6, 6.07) is 11.5. The minimum Gasteiger partial charge on any atom is -0.443 e. The number of carbonyl (C=O) groups excluding carboxylic acids is 2. The van der Waals surface area contributed by atoms with Gasteiger partial charge in [-0.15, -0.1) is 21.5 Å². The van der Waals surface area contributed by atoms with Crippen LogP contribution in [0.15, 0.2) is 53.0 Å². The van der Waals surface area contributed by atoms with E-state index in [1.807, 2.05) is 0 Å². The van der Waals surface area contributed by atoms with Crippen LogP contribution in [0.1, 0.15) is 20.8 Å². The summed E-state index contributed by atoms with van der Waals surface area (Å²) < 4.78 is 36.0. The van der Waals surface area contributed by atoms with Gasteiger partial charge in [-0.2, -0.15) is 8.78 Å². The van der Waals surface area contributed by atoms with Gasteiger partial charge in [0, 0.05) is 12.7 Å². The van der Waals surface area contributed by atoms with Crippen molar-refractivity contribution in [3.05, 3.63) is 47.8 Å². The summed E-state index contributed by atoms with van der Waals surface area (Å²) in [4.78, 5) is 26.7. The third kappa shape index (κ3) is 5.28. The van der Waals surface area contributed by atoms with Crippen LogP contribution in [0.25, 0.3) is 10.7 Å². The van der Waals surface area contributed by atoms with Gasteiger partial charge in [-0.3, -0.25) is 4.79 Å². The molecule has 0 aliphatic rings. The first-order valence-corrected chi connectivity index (χ1v) is 10.8. The zero-order valence-electron chi connectivity index (χ0n) is 17.2. The lowest BCUT2D eigenvalue weighted by Gasteiger charge is -2.23. The van der Waals surface area contributed by atoms with E-state index in [9.17, 15) is 18.4 Å². The van der Waals surface area contributed by atoms with E-state index in [1.165, 1.54) is 30.5 Å². The maximum absolute atomic E-state index is 14.9. The van der Waals surface area contributed by atoms with Gasteiger partial charge in [0.05, 0.1) is 4.88 Å². The molecule has 11 heteroatoms. The van der Waals surface area contributed by atoms with E-state index in [-0.39, 0.29) is 17.6 Å². The number of para-hydroxylation sites is 1. The number of nitrogens with zero attached hydrogens (tertiary/aromatic N) is 4. The number of hydrogen-bond acceptors (Lipinski definition) is 7. The fourth-order valence-electron chi connectivity index (χ4n) is 2.50. The molecule has 0 saturated carbocycles. The van der Waals surface area contributed by atoms with E-state index in [0.29, 0.717) is 10.6 Å². The molecule has 7 nitrogen and oxygen atoms in total. The summed E-state index contributed by atoms with van der Waals surface area (Å²) in [6.07, 6.45) is -0.914. The maximum atomic E-state index is 14.9. The molecule has 0 bridgehead atoms. The number of halogens is 2. The van der Waals surface area contributed by atoms with Crippen LogP contribution in [0.3, 0.4) is 0 Å². The predicted octanol–water partition coefficient (Wildman–Crippen LogP) is 5.14. The lowest BCUT2D eigenvalue weighted by Crippen LogP contribution is -2.39. The number of alkyl halides is 2. The molecule has 164 valence electrons. The third-order valence-electron chi connectivity index (χ3n) is 3.87. The van der Waals surface area contributed by atoms with Crippen LogP contribution in [0.4, 0.5) is 19.3 Å². The van der Waals surface area contributed by atoms with Crippen molar-refractivity contribution in [3.8, 4) is 10.7 Å². The zero-order valence-corrected chi connectivity index (χ0v) is 18.8. The lowest BCUT2D eigenvalue weighted by molar-refractivity contribution is -0.131. The zero-order chi connectivity index (χ0) is 22.8. The molecule has 0 fully saturated rings. The number of anilines is 1. The first-order chi connectivity index (χ1) is 14.5. The van der Waals surface area contributed by atoms with Gasteiger partial charge in [0.2, 0.25) is 5.16 Å². The second-order valence-corrected chi connectivity index (χ2v) is 9.45. The molecular formula is C20H20F2N4O3S2. The fourth-order valence-corrected chi connectivity index (χ4v) is 3.98. The molecule has 0 N–H and O–H groups in total. The Labute approximate surface area is 186 Å². The largest absolute Gasteiger partial charge is 0.443 e. The number of thiophene rings is 1. The monoisotopic (exact) mass is 466 g/mol. The average Bonchev–Trinajstić information content (AvgIpc) is 3.35. The van der Waals surface area contributed by atoms with Crippen LogP contribution in [0.2, 0.25) is 0 Å². The second kappa shape index (κ2) is 8.75. The summed E-state index contributed by atoms with van der Waals surface area (Å²) in [7, 11) is 1.25. The quantitative estimate of drug-likeness (QED) is 0.485. The number of ether oxygens (including phenoxy) is 1. The molecule has 31 heavy (non-hydrogen) atoms. The summed E-state index contributed by atoms with van der Waals surface area (Å²) in [6.45, 7) is 4.96. The molecular weight excluding hydrogens is 446 g/mol. The SMILES string of the molecule is CN(C(=O)C(F)(F)Sc1nnc(-c2cccs2)n1C(=O)OC(C)(C)C)c1ccccc1. The smallest absolute Gasteiger partial charge is 0.422 e. The standard InChI is InChI=1S/C20H20F2N4O3S2/c1-19(2,3)29-18(28)26-15(14-11-8-12-30-14)23-24-17(26)31-20(21,22)16(27)25(4)13-9-6-5-7-10-13/h5-12H,1-4H3. The molecule has 0 atom stereocenters. The molecule has 0 spiro atoms. The fraction of sp³-hybridized carbons (Fsp3) is 0.300. The Kier molecular flexibility index (Phi) is 6.46. The normalized spacial score (nSPS) is 11.9. The molecule has 0 aliphatic heterocycles. The van der Waals surface area contributed by atoms with E-state index in [4.69, 9.17) is 4.74 Å². The number of benzene rings is 1. The Bertz CT molecular complexity index is 1060. The van der Waals surface area contributed by atoms with E-state index < -0.39 is 28.0 Å². The van der Waals surface area contributed by atoms with Crippen LogP contribution >= 0.6 is 23.1 Å². The number of rotatable bonds is 5. The summed E-state index contributed by atoms with van der Waals surface area (Å²) in [5.41, 5.74) is -0.567. The number of thioether (sulfide) groups is 1. The van der Waals surface area contributed by atoms with Crippen LogP contribution in [0.5, 0.6) is 0 Å². The van der Waals surface area contributed by atoms with Gasteiger partial charge < -0.3 is 9.64 Å². The van der Waals surface area contributed by atoms with Crippen LogP contribution < -0.4 is 4.90 Å². The summed E-state index contributed by atoms with van der Waals surface area (Å²) in [5.74, 6) is -1.40. The van der Waals surface area contributed by atoms with Crippen LogP contribution in [-0.4, -0.2) is 44.7 Å². The Morgan fingerprint density at radius 2 is 1.77 bits per heavy atom. The van der Waals surface area contributed by atoms with Gasteiger partial charge in [-0.05, 0) is 56.1 Å². The van der Waals surface area contributed by atoms with Gasteiger partial charge in [0.15, 0.2) is 5.82 Å². The molecule has 2 aromatic heterocycles. The van der Waals surface area contributed by atoms with Crippen molar-refractivity contribution in [1.82, 2.24) is 14.8 Å². The van der Waals surface area contributed by atoms with Gasteiger partial charge in [0.1, 0.15) is 5.60 Å². The Morgan fingerprint density at radius 3 is 2.35 bits per heavy atom. The highest BCUT2D eigenvalue weighted by Crippen LogP contribution is 2.39. The lowest BCUT2D eigenvalue weighted by atomic mass is 10.2. The van der Waals surface area contributed by atoms with E-state index in [1.54, 1.807) is 56.5 Å². The molecule has 3 aromatic rings. The molecule has 0 aliphatic carbocycles. The first-order valence-electron chi connectivity index (χ1n) is 9.12. The van der Waals surface area contributed by atoms with Crippen molar-refractivity contribution in [2.75, 3.05) is 11.9 Å². The highest BCUT2D eigenvalue weighted by Gasteiger charge is 2.45. The maximum Gasteiger partial charge on any atom is 0.422 e. The second-order valence-electron chi connectivity index (χ2n) is 7.42. The highest BCUT2D eigenvalue weighted by molar-refractivity contribution is 8.01. The van der Waals surface area contributed by atoms with E-state index in [2.05, 4.69) is 10.2 Å². The Balaban J connectivity index is 1.94. The predicted molar refractivity (Wildman–Crippen MR) is 116 cm³/mol. The minimum atomic E-state index is -3.91. The van der Waals surface area contributed by atoms with Crippen LogP contribution in [0, 0.1) is 0 Å². The van der Waals surface area contributed by atoms with Gasteiger partial charge in [-0.1, -0.05) is 24.3 Å². The topological polar surface area (TPSA) is 77.3 Å². The Hall–Kier alpha value is -2.79. The molecule has 0 radical (unpaired) electrons. The number of amides is 1. The molecule has 0 saturated heterocycles. The molecule has 1 amide bonds. The van der Waals surface area contributed by atoms with Crippen LogP contribution in [-0.2, 0) is 9.53 Å². The Morgan fingerprint density at radius 1 is 1.10 bits per heavy atom. The summed E-state index contributed by atoms with van der Waals surface area (Å²) in [5, 5.41) is 5.05. The van der Waals surface area contributed by atoms with Crippen molar-refractivity contribution in [2.24, 2.45) is 0 Å². The van der Waals surface area contributed by atoms with Gasteiger partial charge in [0.25, 0.3) is 0 Å². The molecule has 3 rings (SSSR count). The molecule has 1 aromatic carbocycles. The highest BCUT2D eigenvalue weighted by atomic mass is 32.2. The van der Waals surface area contributed by atoms with Gasteiger partial charge in [-0.25, -0.2) is 9.36 Å². The van der Waals surface area contributed by atoms with Crippen molar-refractivity contribution in [3.63, 3.8) is 0 Å². The van der Waals surface area contributed by atoms with Gasteiger partial charge >= 0.3 is 17.3 Å². The summed E-state index contributed by atoms with van der Waals surface area (Å²) >= 11 is 1.11. The van der Waals surface area contributed by atoms with Crippen molar-refractivity contribution in [1.29, 1.82) is 0 Å². The minimum absolute atomic E-state index is 0.0615. The number of aromatic nitrogens is 3. The van der Waals surface area contributed by atoms with Crippen molar-refractivity contribution in [2.45, 2.75) is 36.8 Å². The van der Waals surface area contributed by atoms with E-state index >= 15 is 0 Å². The van der Waals surface area contributed by atoms with E-state index in [0.717, 1.165) is 9.47 Å². The molecule has 0 unspecified atom stereocenters. The number of carbonyl (C=O) groups is 2. The third-order valence-corrected chi connectivity index (χ3v) is 5.61.